The van der Waals surface area contributed by atoms with E-state index in [-0.39, 0.29) is 18.1 Å². The van der Waals surface area contributed by atoms with E-state index in [1.165, 1.54) is 0 Å². The number of nitrogens with one attached hydrogen (secondary N) is 1. The molecule has 1 amide bonds. The van der Waals surface area contributed by atoms with E-state index in [0.717, 1.165) is 34.8 Å². The molecule has 0 spiro atoms. The number of benzene rings is 1. The summed E-state index contributed by atoms with van der Waals surface area (Å²) < 4.78 is 12.0. The lowest BCUT2D eigenvalue weighted by Gasteiger charge is -2.29. The van der Waals surface area contributed by atoms with Crippen LogP contribution in [0.1, 0.15) is 36.0 Å². The molecule has 6 nitrogen and oxygen atoms in total. The normalized spacial score (nSPS) is 19.9. The highest BCUT2D eigenvalue weighted by molar-refractivity contribution is 14.1. The molecule has 132 valence electrons. The maximum Gasteiger partial charge on any atom is 0.278 e. The average molecular weight is 453 g/mol. The van der Waals surface area contributed by atoms with Crippen LogP contribution in [0.5, 0.6) is 11.8 Å². The Morgan fingerprint density at radius 2 is 1.80 bits per heavy atom. The highest BCUT2D eigenvalue weighted by Crippen LogP contribution is 2.27. The van der Waals surface area contributed by atoms with E-state index in [1.807, 2.05) is 24.3 Å². The molecular formula is C18H20IN3O3. The van der Waals surface area contributed by atoms with E-state index >= 15 is 0 Å². The van der Waals surface area contributed by atoms with Crippen LogP contribution in [0.2, 0.25) is 0 Å². The van der Waals surface area contributed by atoms with Gasteiger partial charge in [-0.05, 0) is 60.4 Å². The van der Waals surface area contributed by atoms with Crippen molar-refractivity contribution in [2.75, 3.05) is 7.11 Å². The molecule has 3 rings (SSSR count). The molecule has 0 unspecified atom stereocenters. The average Bonchev–Trinajstić information content (AvgIpc) is 2.64. The zero-order chi connectivity index (χ0) is 17.6. The summed E-state index contributed by atoms with van der Waals surface area (Å²) in [7, 11) is 1.55. The Labute approximate surface area is 160 Å². The zero-order valence-corrected chi connectivity index (χ0v) is 16.1. The molecule has 1 heterocycles. The first-order chi connectivity index (χ1) is 12.2. The van der Waals surface area contributed by atoms with Crippen LogP contribution in [0.15, 0.2) is 36.7 Å². The van der Waals surface area contributed by atoms with Crippen LogP contribution in [0.4, 0.5) is 0 Å². The van der Waals surface area contributed by atoms with E-state index in [9.17, 15) is 4.79 Å². The molecule has 0 saturated heterocycles. The first kappa shape index (κ1) is 17.9. The minimum absolute atomic E-state index is 0.00929. The van der Waals surface area contributed by atoms with Gasteiger partial charge in [-0.3, -0.25) is 4.79 Å². The second-order valence-corrected chi connectivity index (χ2v) is 7.08. The Bertz CT molecular complexity index is 733. The molecule has 1 aliphatic carbocycles. The van der Waals surface area contributed by atoms with Crippen molar-refractivity contribution in [1.29, 1.82) is 0 Å². The van der Waals surface area contributed by atoms with Gasteiger partial charge in [0.05, 0.1) is 12.7 Å². The van der Waals surface area contributed by atoms with Crippen molar-refractivity contribution in [3.8, 4) is 11.8 Å². The summed E-state index contributed by atoms with van der Waals surface area (Å²) in [5, 5.41) is 3.13. The van der Waals surface area contributed by atoms with Crippen molar-refractivity contribution >= 4 is 28.5 Å². The number of nitrogens with zero attached hydrogens (tertiary/aromatic N) is 2. The van der Waals surface area contributed by atoms with Crippen LogP contribution < -0.4 is 14.8 Å². The Morgan fingerprint density at radius 3 is 2.48 bits per heavy atom. The van der Waals surface area contributed by atoms with Gasteiger partial charge >= 0.3 is 0 Å². The number of rotatable bonds is 5. The summed E-state index contributed by atoms with van der Waals surface area (Å²) >= 11 is 2.19. The third-order valence-corrected chi connectivity index (χ3v) is 5.17. The predicted molar refractivity (Wildman–Crippen MR) is 102 cm³/mol. The van der Waals surface area contributed by atoms with E-state index in [2.05, 4.69) is 37.9 Å². The van der Waals surface area contributed by atoms with Crippen LogP contribution in [-0.2, 0) is 0 Å². The molecule has 7 heteroatoms. The van der Waals surface area contributed by atoms with Gasteiger partial charge in [0.2, 0.25) is 0 Å². The second-order valence-electron chi connectivity index (χ2n) is 5.92. The maximum absolute atomic E-state index is 12.4. The monoisotopic (exact) mass is 453 g/mol. The standard InChI is InChI=1S/C18H20IN3O3/c1-24-17-18(21-11-10-20-17)25-13-8-6-12(7-9-13)22-16(23)14-4-2-3-5-15(14)19/h2-5,10-13H,6-9H2,1H3,(H,22,23). The first-order valence-electron chi connectivity index (χ1n) is 8.24. The van der Waals surface area contributed by atoms with Crippen molar-refractivity contribution in [2.24, 2.45) is 0 Å². The molecule has 1 aromatic heterocycles. The number of ether oxygens (including phenoxy) is 2. The number of halogens is 1. The topological polar surface area (TPSA) is 73.3 Å². The molecule has 1 aromatic carbocycles. The fourth-order valence-electron chi connectivity index (χ4n) is 2.92. The quantitative estimate of drug-likeness (QED) is 0.705. The summed E-state index contributed by atoms with van der Waals surface area (Å²) in [6.45, 7) is 0. The largest absolute Gasteiger partial charge is 0.477 e. The van der Waals surface area contributed by atoms with E-state index in [0.29, 0.717) is 11.8 Å². The predicted octanol–water partition coefficient (Wildman–Crippen LogP) is 3.21. The van der Waals surface area contributed by atoms with Crippen LogP contribution in [-0.4, -0.2) is 35.1 Å². The van der Waals surface area contributed by atoms with Crippen molar-refractivity contribution < 1.29 is 14.3 Å². The van der Waals surface area contributed by atoms with Gasteiger partial charge in [-0.2, -0.15) is 0 Å². The maximum atomic E-state index is 12.4. The zero-order valence-electron chi connectivity index (χ0n) is 13.9. The summed E-state index contributed by atoms with van der Waals surface area (Å²) in [5.74, 6) is 0.817. The first-order valence-corrected chi connectivity index (χ1v) is 9.32. The van der Waals surface area contributed by atoms with Gasteiger partial charge in [0.1, 0.15) is 6.10 Å². The molecule has 0 aliphatic heterocycles. The highest BCUT2D eigenvalue weighted by Gasteiger charge is 2.25. The number of aromatic nitrogens is 2. The number of hydrogen-bond acceptors (Lipinski definition) is 5. The fourth-order valence-corrected chi connectivity index (χ4v) is 3.56. The summed E-state index contributed by atoms with van der Waals surface area (Å²) in [6.07, 6.45) is 6.70. The Hall–Kier alpha value is -1.90. The van der Waals surface area contributed by atoms with Crippen LogP contribution in [0.3, 0.4) is 0 Å². The third kappa shape index (κ3) is 4.59. The van der Waals surface area contributed by atoms with E-state index in [4.69, 9.17) is 9.47 Å². The second kappa shape index (κ2) is 8.46. The van der Waals surface area contributed by atoms with Crippen LogP contribution in [0, 0.1) is 3.57 Å². The summed E-state index contributed by atoms with van der Waals surface area (Å²) in [6, 6.07) is 7.78. The van der Waals surface area contributed by atoms with Gasteiger partial charge in [-0.1, -0.05) is 12.1 Å². The number of methoxy groups -OCH3 is 1. The number of hydrogen-bond donors (Lipinski definition) is 1. The third-order valence-electron chi connectivity index (χ3n) is 4.23. The van der Waals surface area contributed by atoms with Crippen molar-refractivity contribution in [1.82, 2.24) is 15.3 Å². The van der Waals surface area contributed by atoms with Crippen molar-refractivity contribution in [2.45, 2.75) is 37.8 Å². The molecule has 25 heavy (non-hydrogen) atoms. The van der Waals surface area contributed by atoms with Crippen LogP contribution in [0.25, 0.3) is 0 Å². The van der Waals surface area contributed by atoms with E-state index < -0.39 is 0 Å². The van der Waals surface area contributed by atoms with Gasteiger partial charge in [-0.25, -0.2) is 9.97 Å². The Morgan fingerprint density at radius 1 is 1.12 bits per heavy atom. The van der Waals surface area contributed by atoms with Gasteiger partial charge in [-0.15, -0.1) is 0 Å². The molecule has 1 fully saturated rings. The molecule has 0 bridgehead atoms. The lowest BCUT2D eigenvalue weighted by Crippen LogP contribution is -2.40. The number of carbonyl (C=O) groups excluding carboxylic acids is 1. The molecule has 0 atom stereocenters. The summed E-state index contributed by atoms with van der Waals surface area (Å²) in [5.41, 5.74) is 0.728. The SMILES string of the molecule is COc1nccnc1OC1CCC(NC(=O)c2ccccc2I)CC1. The van der Waals surface area contributed by atoms with E-state index in [1.54, 1.807) is 19.5 Å². The van der Waals surface area contributed by atoms with Gasteiger partial charge in [0.25, 0.3) is 17.7 Å². The Kier molecular flexibility index (Phi) is 6.06. The molecule has 0 radical (unpaired) electrons. The fraction of sp³-hybridized carbons (Fsp3) is 0.389. The number of carbonyl (C=O) groups is 1. The van der Waals surface area contributed by atoms with Gasteiger partial charge in [0.15, 0.2) is 0 Å². The minimum Gasteiger partial charge on any atom is -0.477 e. The van der Waals surface area contributed by atoms with Gasteiger partial charge < -0.3 is 14.8 Å². The lowest BCUT2D eigenvalue weighted by atomic mass is 9.92. The molecule has 1 saturated carbocycles. The highest BCUT2D eigenvalue weighted by atomic mass is 127. The van der Waals surface area contributed by atoms with Gasteiger partial charge in [0, 0.05) is 22.0 Å². The molecule has 1 aliphatic rings. The molecular weight excluding hydrogens is 433 g/mol. The van der Waals surface area contributed by atoms with Crippen molar-refractivity contribution in [3.05, 3.63) is 45.8 Å². The minimum atomic E-state index is -0.00929. The Balaban J connectivity index is 1.52. The summed E-state index contributed by atoms with van der Waals surface area (Å²) in [4.78, 5) is 20.7. The lowest BCUT2D eigenvalue weighted by molar-refractivity contribution is 0.0885. The van der Waals surface area contributed by atoms with Crippen molar-refractivity contribution in [3.63, 3.8) is 0 Å². The molecule has 2 aromatic rings. The number of amides is 1. The smallest absolute Gasteiger partial charge is 0.278 e. The molecule has 1 N–H and O–H groups in total. The van der Waals surface area contributed by atoms with Crippen LogP contribution >= 0.6 is 22.6 Å².